The molecular weight excluding hydrogens is 505 g/mol. The molecule has 1 aliphatic rings. The second-order valence-electron chi connectivity index (χ2n) is 9.76. The molecule has 3 aromatic carbocycles. The highest BCUT2D eigenvalue weighted by Crippen LogP contribution is 2.34. The maximum absolute atomic E-state index is 13.0. The molecule has 3 aromatic rings. The van der Waals surface area contributed by atoms with E-state index in [1.54, 1.807) is 4.90 Å². The van der Waals surface area contributed by atoms with Crippen LogP contribution >= 0.6 is 23.2 Å². The first-order valence-electron chi connectivity index (χ1n) is 12.7. The molecule has 0 aromatic heterocycles. The Morgan fingerprint density at radius 2 is 1.65 bits per heavy atom. The van der Waals surface area contributed by atoms with Crippen molar-refractivity contribution in [2.75, 3.05) is 33.2 Å². The minimum Gasteiger partial charge on any atom is -0.349 e. The van der Waals surface area contributed by atoms with E-state index >= 15 is 0 Å². The zero-order chi connectivity index (χ0) is 26.3. The lowest BCUT2D eigenvalue weighted by Gasteiger charge is -2.42. The van der Waals surface area contributed by atoms with Crippen molar-refractivity contribution in [2.24, 2.45) is 0 Å². The van der Waals surface area contributed by atoms with Gasteiger partial charge in [0.2, 0.25) is 6.41 Å². The molecule has 1 aliphatic heterocycles. The van der Waals surface area contributed by atoms with Crippen LogP contribution in [0.5, 0.6) is 0 Å². The van der Waals surface area contributed by atoms with Gasteiger partial charge in [-0.05, 0) is 61.2 Å². The van der Waals surface area contributed by atoms with Crippen molar-refractivity contribution in [1.29, 1.82) is 0 Å². The molecule has 4 rings (SSSR count). The number of piperidine rings is 1. The van der Waals surface area contributed by atoms with Gasteiger partial charge in [0.1, 0.15) is 0 Å². The average molecular weight is 539 g/mol. The third-order valence-electron chi connectivity index (χ3n) is 7.44. The fourth-order valence-corrected chi connectivity index (χ4v) is 5.53. The minimum atomic E-state index is -0.328. The number of hydrogen-bond donors (Lipinski definition) is 1. The van der Waals surface area contributed by atoms with Gasteiger partial charge in [0, 0.05) is 38.2 Å². The number of amides is 2. The van der Waals surface area contributed by atoms with E-state index in [0.29, 0.717) is 22.2 Å². The van der Waals surface area contributed by atoms with E-state index in [-0.39, 0.29) is 17.4 Å². The van der Waals surface area contributed by atoms with Crippen LogP contribution in [0.3, 0.4) is 0 Å². The maximum atomic E-state index is 13.0. The molecule has 37 heavy (non-hydrogen) atoms. The summed E-state index contributed by atoms with van der Waals surface area (Å²) in [5.41, 5.74) is 2.57. The molecule has 1 atom stereocenters. The third-order valence-corrected chi connectivity index (χ3v) is 8.18. The van der Waals surface area contributed by atoms with Crippen LogP contribution in [0.15, 0.2) is 78.9 Å². The Morgan fingerprint density at radius 1 is 1.00 bits per heavy atom. The summed E-state index contributed by atoms with van der Waals surface area (Å²) in [4.78, 5) is 28.7. The van der Waals surface area contributed by atoms with Crippen LogP contribution in [0.4, 0.5) is 0 Å². The lowest BCUT2D eigenvalue weighted by atomic mass is 9.81. The lowest BCUT2D eigenvalue weighted by Crippen LogP contribution is -2.51. The molecule has 1 heterocycles. The van der Waals surface area contributed by atoms with Gasteiger partial charge in [0.15, 0.2) is 0 Å². The minimum absolute atomic E-state index is 0.00350. The molecular formula is C30H33Cl2N3O2. The second kappa shape index (κ2) is 12.6. The first kappa shape index (κ1) is 27.2. The zero-order valence-corrected chi connectivity index (χ0v) is 22.6. The summed E-state index contributed by atoms with van der Waals surface area (Å²) < 4.78 is 0. The number of carbonyl (C=O) groups is 2. The Balaban J connectivity index is 1.44. The van der Waals surface area contributed by atoms with Gasteiger partial charge >= 0.3 is 0 Å². The summed E-state index contributed by atoms with van der Waals surface area (Å²) in [5, 5.41) is 4.15. The number of hydrogen-bond acceptors (Lipinski definition) is 3. The first-order chi connectivity index (χ1) is 17.9. The van der Waals surface area contributed by atoms with Crippen molar-refractivity contribution in [3.8, 4) is 0 Å². The molecule has 0 bridgehead atoms. The van der Waals surface area contributed by atoms with E-state index in [1.165, 1.54) is 0 Å². The van der Waals surface area contributed by atoms with Crippen LogP contribution in [0.25, 0.3) is 0 Å². The number of rotatable bonds is 10. The van der Waals surface area contributed by atoms with Gasteiger partial charge in [-0.3, -0.25) is 9.59 Å². The van der Waals surface area contributed by atoms with Gasteiger partial charge in [0.25, 0.3) is 5.91 Å². The molecule has 1 unspecified atom stereocenters. The van der Waals surface area contributed by atoms with Crippen LogP contribution < -0.4 is 5.32 Å². The molecule has 194 valence electrons. The van der Waals surface area contributed by atoms with Gasteiger partial charge in [-0.2, -0.15) is 0 Å². The van der Waals surface area contributed by atoms with Gasteiger partial charge in [0.05, 0.1) is 15.6 Å². The topological polar surface area (TPSA) is 52.6 Å². The fourth-order valence-electron chi connectivity index (χ4n) is 5.23. The average Bonchev–Trinajstić information content (AvgIpc) is 2.94. The highest BCUT2D eigenvalue weighted by atomic mass is 35.5. The number of halogens is 2. The van der Waals surface area contributed by atoms with E-state index in [4.69, 9.17) is 23.2 Å². The highest BCUT2D eigenvalue weighted by molar-refractivity contribution is 6.42. The van der Waals surface area contributed by atoms with Crippen molar-refractivity contribution in [2.45, 2.75) is 30.7 Å². The SMILES string of the molecule is CN(CC(CCN1CCC(NC=O)(c2ccccc2)CC1)c1ccc(Cl)c(Cl)c1)C(=O)c1ccccc1. The van der Waals surface area contributed by atoms with Crippen molar-refractivity contribution in [3.63, 3.8) is 0 Å². The van der Waals surface area contributed by atoms with Crippen molar-refractivity contribution >= 4 is 35.5 Å². The molecule has 1 fully saturated rings. The molecule has 0 aliphatic carbocycles. The fraction of sp³-hybridized carbons (Fsp3) is 0.333. The molecule has 2 amide bonds. The van der Waals surface area contributed by atoms with Crippen molar-refractivity contribution in [3.05, 3.63) is 106 Å². The number of nitrogens with zero attached hydrogens (tertiary/aromatic N) is 2. The summed E-state index contributed by atoms with van der Waals surface area (Å²) in [7, 11) is 1.85. The maximum Gasteiger partial charge on any atom is 0.253 e. The predicted octanol–water partition coefficient (Wildman–Crippen LogP) is 5.98. The Hall–Kier alpha value is -2.86. The van der Waals surface area contributed by atoms with E-state index in [0.717, 1.165) is 56.4 Å². The van der Waals surface area contributed by atoms with Crippen molar-refractivity contribution in [1.82, 2.24) is 15.1 Å². The van der Waals surface area contributed by atoms with Crippen LogP contribution in [0.1, 0.15) is 46.7 Å². The summed E-state index contributed by atoms with van der Waals surface area (Å²) >= 11 is 12.6. The highest BCUT2D eigenvalue weighted by Gasteiger charge is 2.35. The van der Waals surface area contributed by atoms with Crippen LogP contribution in [0, 0.1) is 0 Å². The Labute approximate surface area is 229 Å². The normalized spacial score (nSPS) is 16.1. The number of nitrogens with one attached hydrogen (secondary N) is 1. The van der Waals surface area contributed by atoms with E-state index < -0.39 is 0 Å². The smallest absolute Gasteiger partial charge is 0.253 e. The third kappa shape index (κ3) is 6.72. The molecule has 1 N–H and O–H groups in total. The number of likely N-dealkylation sites (N-methyl/N-ethyl adjacent to an activating group) is 1. The number of likely N-dealkylation sites (tertiary alicyclic amines) is 1. The largest absolute Gasteiger partial charge is 0.349 e. The Morgan fingerprint density at radius 3 is 2.27 bits per heavy atom. The van der Waals surface area contributed by atoms with Gasteiger partial charge < -0.3 is 15.1 Å². The van der Waals surface area contributed by atoms with Gasteiger partial charge in [-0.15, -0.1) is 0 Å². The number of benzene rings is 3. The monoisotopic (exact) mass is 537 g/mol. The Bertz CT molecular complexity index is 1180. The van der Waals surface area contributed by atoms with Crippen LogP contribution in [0.2, 0.25) is 10.0 Å². The van der Waals surface area contributed by atoms with E-state index in [2.05, 4.69) is 22.3 Å². The first-order valence-corrected chi connectivity index (χ1v) is 13.4. The second-order valence-corrected chi connectivity index (χ2v) is 10.6. The number of carbonyl (C=O) groups excluding carboxylic acids is 2. The standard InChI is InChI=1S/C30H33Cl2N3O2/c1-34(29(37)23-8-4-2-5-9-23)21-25(24-12-13-27(31)28(32)20-24)14-17-35-18-15-30(16-19-35,33-22-36)26-10-6-3-7-11-26/h2-13,20,22,25H,14-19,21H2,1H3,(H,33,36). The summed E-state index contributed by atoms with van der Waals surface area (Å²) in [6, 6.07) is 25.3. The molecule has 1 saturated heterocycles. The zero-order valence-electron chi connectivity index (χ0n) is 21.1. The summed E-state index contributed by atoms with van der Waals surface area (Å²) in [6.45, 7) is 3.20. The Kier molecular flexibility index (Phi) is 9.25. The van der Waals surface area contributed by atoms with E-state index in [9.17, 15) is 9.59 Å². The van der Waals surface area contributed by atoms with Gasteiger partial charge in [-0.25, -0.2) is 0 Å². The molecule has 5 nitrogen and oxygen atoms in total. The molecule has 0 spiro atoms. The van der Waals surface area contributed by atoms with Gasteiger partial charge in [-0.1, -0.05) is 77.8 Å². The van der Waals surface area contributed by atoms with Crippen LogP contribution in [-0.4, -0.2) is 55.3 Å². The molecule has 0 saturated carbocycles. The lowest BCUT2D eigenvalue weighted by molar-refractivity contribution is -0.112. The molecule has 7 heteroatoms. The van der Waals surface area contributed by atoms with Crippen molar-refractivity contribution < 1.29 is 9.59 Å². The predicted molar refractivity (Wildman–Crippen MR) is 150 cm³/mol. The van der Waals surface area contributed by atoms with E-state index in [1.807, 2.05) is 73.8 Å². The summed E-state index contributed by atoms with van der Waals surface area (Å²) in [5.74, 6) is 0.0950. The summed E-state index contributed by atoms with van der Waals surface area (Å²) in [6.07, 6.45) is 3.38. The van der Waals surface area contributed by atoms with Crippen LogP contribution in [-0.2, 0) is 10.3 Å². The quantitative estimate of drug-likeness (QED) is 0.324. The molecule has 0 radical (unpaired) electrons.